The maximum absolute atomic E-state index is 11.2. The van der Waals surface area contributed by atoms with Crippen molar-refractivity contribution < 1.29 is 4.92 Å². The molecule has 2 saturated carbocycles. The van der Waals surface area contributed by atoms with E-state index in [0.717, 1.165) is 22.6 Å². The van der Waals surface area contributed by atoms with Crippen molar-refractivity contribution in [1.82, 2.24) is 0 Å². The van der Waals surface area contributed by atoms with Crippen molar-refractivity contribution in [2.45, 2.75) is 31.7 Å². The lowest BCUT2D eigenvalue weighted by molar-refractivity contribution is -0.384. The molecule has 0 radical (unpaired) electrons. The van der Waals surface area contributed by atoms with Crippen LogP contribution in [0.4, 0.5) is 11.4 Å². The second-order valence-electron chi connectivity index (χ2n) is 5.22. The Bertz CT molecular complexity index is 484. The first-order valence-corrected chi connectivity index (χ1v) is 7.15. The zero-order valence-corrected chi connectivity index (χ0v) is 11.6. The van der Waals surface area contributed by atoms with E-state index >= 15 is 0 Å². The largest absolute Gasteiger partial charge is 0.363 e. The average Bonchev–Trinajstić information content (AvgIpc) is 3.19. The zero-order chi connectivity index (χ0) is 12.7. The summed E-state index contributed by atoms with van der Waals surface area (Å²) in [5.74, 6) is 0.744. The fourth-order valence-electron chi connectivity index (χ4n) is 2.29. The molecule has 0 amide bonds. The van der Waals surface area contributed by atoms with Crippen molar-refractivity contribution in [3.05, 3.63) is 32.8 Å². The number of hydrogen-bond acceptors (Lipinski definition) is 3. The van der Waals surface area contributed by atoms with E-state index in [1.807, 2.05) is 12.1 Å². The van der Waals surface area contributed by atoms with E-state index in [1.165, 1.54) is 25.7 Å². The number of nitro groups is 1. The Hall–Kier alpha value is -1.10. The third-order valence-electron chi connectivity index (χ3n) is 3.58. The lowest BCUT2D eigenvalue weighted by Gasteiger charge is -2.24. The fourth-order valence-corrected chi connectivity index (χ4v) is 2.64. The molecule has 2 aliphatic carbocycles. The number of nitrogens with zero attached hydrogens (tertiary/aromatic N) is 2. The summed E-state index contributed by atoms with van der Waals surface area (Å²) in [5.41, 5.74) is 1.01. The van der Waals surface area contributed by atoms with Gasteiger partial charge in [0.1, 0.15) is 5.69 Å². The lowest BCUT2D eigenvalue weighted by atomic mass is 10.2. The number of nitro benzene ring substituents is 1. The third kappa shape index (κ3) is 2.51. The van der Waals surface area contributed by atoms with Gasteiger partial charge in [0.15, 0.2) is 0 Å². The summed E-state index contributed by atoms with van der Waals surface area (Å²) in [7, 11) is 0. The highest BCUT2D eigenvalue weighted by molar-refractivity contribution is 9.10. The molecule has 3 rings (SSSR count). The van der Waals surface area contributed by atoms with E-state index < -0.39 is 0 Å². The van der Waals surface area contributed by atoms with E-state index in [0.29, 0.717) is 6.04 Å². The highest BCUT2D eigenvalue weighted by atomic mass is 79.9. The average molecular weight is 311 g/mol. The fraction of sp³-hybridized carbons (Fsp3) is 0.538. The van der Waals surface area contributed by atoms with Crippen molar-refractivity contribution >= 4 is 27.3 Å². The van der Waals surface area contributed by atoms with Crippen LogP contribution in [-0.2, 0) is 0 Å². The number of anilines is 1. The van der Waals surface area contributed by atoms with Gasteiger partial charge in [-0.1, -0.05) is 15.9 Å². The van der Waals surface area contributed by atoms with Crippen molar-refractivity contribution in [1.29, 1.82) is 0 Å². The van der Waals surface area contributed by atoms with Gasteiger partial charge in [-0.2, -0.15) is 0 Å². The molecule has 0 aromatic heterocycles. The first kappa shape index (κ1) is 12.0. The van der Waals surface area contributed by atoms with Crippen LogP contribution in [0.15, 0.2) is 22.7 Å². The minimum absolute atomic E-state index is 0.219. The van der Waals surface area contributed by atoms with Gasteiger partial charge in [-0.3, -0.25) is 10.1 Å². The Kier molecular flexibility index (Phi) is 3.01. The van der Waals surface area contributed by atoms with Gasteiger partial charge in [-0.25, -0.2) is 0 Å². The van der Waals surface area contributed by atoms with Crippen molar-refractivity contribution in [2.24, 2.45) is 5.92 Å². The van der Waals surface area contributed by atoms with Crippen LogP contribution in [0.3, 0.4) is 0 Å². The van der Waals surface area contributed by atoms with E-state index in [9.17, 15) is 10.1 Å². The SMILES string of the molecule is O=[N+]([O-])c1cc(Br)ccc1N(CC1CC1)C1CC1. The number of benzene rings is 1. The van der Waals surface area contributed by atoms with Gasteiger partial charge in [-0.15, -0.1) is 0 Å². The molecule has 0 saturated heterocycles. The minimum atomic E-state index is -0.275. The molecule has 96 valence electrons. The summed E-state index contributed by atoms with van der Waals surface area (Å²) in [6, 6.07) is 5.90. The molecule has 18 heavy (non-hydrogen) atoms. The van der Waals surface area contributed by atoms with Crippen LogP contribution in [0.1, 0.15) is 25.7 Å². The van der Waals surface area contributed by atoms with Crippen LogP contribution < -0.4 is 4.90 Å². The highest BCUT2D eigenvalue weighted by Crippen LogP contribution is 2.41. The summed E-state index contributed by atoms with van der Waals surface area (Å²) < 4.78 is 0.764. The van der Waals surface area contributed by atoms with Crippen LogP contribution >= 0.6 is 15.9 Å². The topological polar surface area (TPSA) is 46.4 Å². The summed E-state index contributed by atoms with van der Waals surface area (Å²) >= 11 is 3.31. The molecule has 0 atom stereocenters. The van der Waals surface area contributed by atoms with Crippen LogP contribution in [0.25, 0.3) is 0 Å². The molecular weight excluding hydrogens is 296 g/mol. The molecule has 2 fully saturated rings. The van der Waals surface area contributed by atoms with Gasteiger partial charge in [0.2, 0.25) is 0 Å². The highest BCUT2D eigenvalue weighted by Gasteiger charge is 2.36. The second kappa shape index (κ2) is 4.53. The van der Waals surface area contributed by atoms with Crippen molar-refractivity contribution in [3.63, 3.8) is 0 Å². The minimum Gasteiger partial charge on any atom is -0.363 e. The van der Waals surface area contributed by atoms with E-state index in [-0.39, 0.29) is 10.6 Å². The quantitative estimate of drug-likeness (QED) is 0.615. The predicted molar refractivity (Wildman–Crippen MR) is 73.9 cm³/mol. The Balaban J connectivity index is 1.93. The maximum atomic E-state index is 11.2. The molecule has 1 aromatic rings. The Morgan fingerprint density at radius 2 is 2.06 bits per heavy atom. The van der Waals surface area contributed by atoms with Gasteiger partial charge in [0.05, 0.1) is 4.92 Å². The monoisotopic (exact) mass is 310 g/mol. The van der Waals surface area contributed by atoms with E-state index in [2.05, 4.69) is 20.8 Å². The Labute approximate surface area is 114 Å². The molecule has 4 nitrogen and oxygen atoms in total. The van der Waals surface area contributed by atoms with Crippen LogP contribution in [0.2, 0.25) is 0 Å². The van der Waals surface area contributed by atoms with Crippen molar-refractivity contribution in [2.75, 3.05) is 11.4 Å². The smallest absolute Gasteiger partial charge is 0.293 e. The van der Waals surface area contributed by atoms with Gasteiger partial charge >= 0.3 is 0 Å². The van der Waals surface area contributed by atoms with E-state index in [1.54, 1.807) is 6.07 Å². The van der Waals surface area contributed by atoms with Gasteiger partial charge in [0.25, 0.3) is 5.69 Å². The number of hydrogen-bond donors (Lipinski definition) is 0. The first-order valence-electron chi connectivity index (χ1n) is 6.36. The summed E-state index contributed by atoms with van der Waals surface area (Å²) in [5, 5.41) is 11.2. The van der Waals surface area contributed by atoms with Gasteiger partial charge in [0, 0.05) is 23.1 Å². The summed E-state index contributed by atoms with van der Waals surface area (Å²) in [6.07, 6.45) is 4.88. The Morgan fingerprint density at radius 1 is 1.33 bits per heavy atom. The molecule has 0 aliphatic heterocycles. The molecular formula is C13H15BrN2O2. The van der Waals surface area contributed by atoms with Gasteiger partial charge < -0.3 is 4.90 Å². The normalized spacial score (nSPS) is 18.7. The predicted octanol–water partition coefficient (Wildman–Crippen LogP) is 3.74. The third-order valence-corrected chi connectivity index (χ3v) is 4.08. The number of halogens is 1. The molecule has 0 unspecified atom stereocenters. The van der Waals surface area contributed by atoms with Crippen LogP contribution in [0.5, 0.6) is 0 Å². The summed E-state index contributed by atoms with van der Waals surface area (Å²) in [6.45, 7) is 0.979. The first-order chi connectivity index (χ1) is 8.65. The maximum Gasteiger partial charge on any atom is 0.293 e. The van der Waals surface area contributed by atoms with Gasteiger partial charge in [-0.05, 0) is 43.7 Å². The molecule has 0 N–H and O–H groups in total. The molecule has 0 bridgehead atoms. The van der Waals surface area contributed by atoms with Crippen molar-refractivity contribution in [3.8, 4) is 0 Å². The molecule has 1 aromatic carbocycles. The lowest BCUT2D eigenvalue weighted by Crippen LogP contribution is -2.28. The Morgan fingerprint density at radius 3 is 2.61 bits per heavy atom. The molecule has 5 heteroatoms. The second-order valence-corrected chi connectivity index (χ2v) is 6.13. The zero-order valence-electron chi connectivity index (χ0n) is 10.0. The number of rotatable bonds is 5. The molecule has 2 aliphatic rings. The summed E-state index contributed by atoms with van der Waals surface area (Å²) in [4.78, 5) is 13.2. The molecule has 0 spiro atoms. The molecule has 0 heterocycles. The van der Waals surface area contributed by atoms with E-state index in [4.69, 9.17) is 0 Å². The van der Waals surface area contributed by atoms with Crippen LogP contribution in [0, 0.1) is 16.0 Å². The van der Waals surface area contributed by atoms with Crippen LogP contribution in [-0.4, -0.2) is 17.5 Å². The standard InChI is InChI=1S/C13H15BrN2O2/c14-10-3-6-12(13(7-10)16(17)18)15(11-4-5-11)8-9-1-2-9/h3,6-7,9,11H,1-2,4-5,8H2.